The van der Waals surface area contributed by atoms with E-state index in [1.165, 1.54) is 0 Å². The van der Waals surface area contributed by atoms with Crippen molar-refractivity contribution in [2.45, 2.75) is 46.1 Å². The number of aromatic nitrogens is 4. The Kier molecular flexibility index (Phi) is 5.47. The molecule has 0 unspecified atom stereocenters. The summed E-state index contributed by atoms with van der Waals surface area (Å²) in [6.07, 6.45) is 1.62. The average molecular weight is 400 g/mol. The summed E-state index contributed by atoms with van der Waals surface area (Å²) in [5, 5.41) is 7.00. The number of halogens is 1. The summed E-state index contributed by atoms with van der Waals surface area (Å²) < 4.78 is 5.11. The maximum atomic E-state index is 12.5. The minimum absolute atomic E-state index is 0.0401. The Morgan fingerprint density at radius 2 is 1.96 bits per heavy atom. The van der Waals surface area contributed by atoms with Crippen molar-refractivity contribution in [2.75, 3.05) is 0 Å². The third kappa shape index (κ3) is 4.36. The molecule has 0 spiro atoms. The van der Waals surface area contributed by atoms with Crippen molar-refractivity contribution in [3.8, 4) is 11.3 Å². The van der Waals surface area contributed by atoms with Crippen LogP contribution in [0.25, 0.3) is 11.3 Å². The predicted octanol–water partition coefficient (Wildman–Crippen LogP) is 4.28. The zero-order valence-corrected chi connectivity index (χ0v) is 17.2. The fourth-order valence-electron chi connectivity index (χ4n) is 2.77. The van der Waals surface area contributed by atoms with Crippen molar-refractivity contribution in [3.63, 3.8) is 0 Å². The minimum atomic E-state index is -0.401. The Labute approximate surface area is 168 Å². The van der Waals surface area contributed by atoms with E-state index in [1.54, 1.807) is 12.3 Å². The number of benzene rings is 1. The van der Waals surface area contributed by atoms with Crippen LogP contribution in [-0.2, 0) is 5.41 Å². The number of hydrogen-bond acceptors (Lipinski definition) is 6. The zero-order chi connectivity index (χ0) is 20.5. The summed E-state index contributed by atoms with van der Waals surface area (Å²) in [4.78, 5) is 24.8. The van der Waals surface area contributed by atoms with Gasteiger partial charge in [0.25, 0.3) is 0 Å². The van der Waals surface area contributed by atoms with Crippen LogP contribution in [0.4, 0.5) is 0 Å². The van der Waals surface area contributed by atoms with E-state index in [9.17, 15) is 4.79 Å². The Morgan fingerprint density at radius 3 is 2.57 bits per heavy atom. The summed E-state index contributed by atoms with van der Waals surface area (Å²) in [5.74, 6) is 0.0533. The molecule has 28 heavy (non-hydrogen) atoms. The lowest BCUT2D eigenvalue weighted by Crippen LogP contribution is -2.27. The molecule has 0 bridgehead atoms. The first-order valence-corrected chi connectivity index (χ1v) is 9.27. The second kappa shape index (κ2) is 7.67. The Hall–Kier alpha value is -2.80. The largest absolute Gasteiger partial charge is 0.341 e. The number of amides is 1. The van der Waals surface area contributed by atoms with Gasteiger partial charge in [0, 0.05) is 17.2 Å². The maximum Gasteiger partial charge on any atom is 0.315 e. The second-order valence-electron chi connectivity index (χ2n) is 7.65. The Bertz CT molecular complexity index is 1010. The van der Waals surface area contributed by atoms with E-state index >= 15 is 0 Å². The maximum absolute atomic E-state index is 12.5. The molecule has 3 aromatic rings. The van der Waals surface area contributed by atoms with Crippen LogP contribution >= 0.6 is 11.6 Å². The highest BCUT2D eigenvalue weighted by Gasteiger charge is 2.24. The van der Waals surface area contributed by atoms with E-state index in [0.29, 0.717) is 5.82 Å². The van der Waals surface area contributed by atoms with Crippen LogP contribution in [0.2, 0.25) is 5.28 Å². The first kappa shape index (κ1) is 19.9. The standard InChI is InChI=1S/C20H22ClN5O2/c1-11-10-13(15-8-9-22-19(21)24-15)6-7-14(11)12(2)23-16(27)17-25-18(26-28-17)20(3,4)5/h6-10,12H,1-5H3,(H,23,27)/t12-/m1/s1. The third-order valence-corrected chi connectivity index (χ3v) is 4.48. The molecule has 7 nitrogen and oxygen atoms in total. The molecule has 0 fully saturated rings. The van der Waals surface area contributed by atoms with Crippen molar-refractivity contribution in [2.24, 2.45) is 0 Å². The smallest absolute Gasteiger partial charge is 0.315 e. The van der Waals surface area contributed by atoms with E-state index < -0.39 is 5.91 Å². The van der Waals surface area contributed by atoms with Crippen LogP contribution < -0.4 is 5.32 Å². The van der Waals surface area contributed by atoms with Gasteiger partial charge in [0.15, 0.2) is 5.82 Å². The van der Waals surface area contributed by atoms with Crippen molar-refractivity contribution in [1.29, 1.82) is 0 Å². The molecule has 0 aliphatic rings. The number of nitrogens with one attached hydrogen (secondary N) is 1. The van der Waals surface area contributed by atoms with Crippen LogP contribution in [0.1, 0.15) is 61.4 Å². The molecule has 1 atom stereocenters. The van der Waals surface area contributed by atoms with Gasteiger partial charge in [-0.05, 0) is 48.7 Å². The van der Waals surface area contributed by atoms with Crippen molar-refractivity contribution >= 4 is 17.5 Å². The normalized spacial score (nSPS) is 12.6. The van der Waals surface area contributed by atoms with Gasteiger partial charge in [0.05, 0.1) is 11.7 Å². The second-order valence-corrected chi connectivity index (χ2v) is 7.99. The van der Waals surface area contributed by atoms with Crippen LogP contribution in [0.3, 0.4) is 0 Å². The first-order chi connectivity index (χ1) is 13.1. The lowest BCUT2D eigenvalue weighted by Gasteiger charge is -2.16. The summed E-state index contributed by atoms with van der Waals surface area (Å²) in [5.41, 5.74) is 3.38. The van der Waals surface area contributed by atoms with Crippen molar-refractivity contribution in [1.82, 2.24) is 25.4 Å². The van der Waals surface area contributed by atoms with E-state index in [-0.39, 0.29) is 22.6 Å². The average Bonchev–Trinajstić information content (AvgIpc) is 3.12. The Balaban J connectivity index is 1.76. The molecule has 0 aliphatic heterocycles. The molecule has 0 aliphatic carbocycles. The molecule has 1 aromatic carbocycles. The summed E-state index contributed by atoms with van der Waals surface area (Å²) >= 11 is 5.87. The summed E-state index contributed by atoms with van der Waals surface area (Å²) in [6, 6.07) is 7.46. The van der Waals surface area contributed by atoms with Gasteiger partial charge < -0.3 is 9.84 Å². The molecule has 1 N–H and O–H groups in total. The SMILES string of the molecule is Cc1cc(-c2ccnc(Cl)n2)ccc1[C@@H](C)NC(=O)c1nc(C(C)(C)C)no1. The predicted molar refractivity (Wildman–Crippen MR) is 106 cm³/mol. The van der Waals surface area contributed by atoms with E-state index in [4.69, 9.17) is 16.1 Å². The molecule has 8 heteroatoms. The minimum Gasteiger partial charge on any atom is -0.341 e. The molecule has 0 radical (unpaired) electrons. The Morgan fingerprint density at radius 1 is 1.21 bits per heavy atom. The first-order valence-electron chi connectivity index (χ1n) is 8.89. The van der Waals surface area contributed by atoms with Gasteiger partial charge in [-0.25, -0.2) is 9.97 Å². The van der Waals surface area contributed by atoms with Crippen molar-refractivity contribution in [3.05, 3.63) is 58.6 Å². The fraction of sp³-hybridized carbons (Fsp3) is 0.350. The van der Waals surface area contributed by atoms with Gasteiger partial charge in [0.1, 0.15) is 0 Å². The highest BCUT2D eigenvalue weighted by atomic mass is 35.5. The van der Waals surface area contributed by atoms with Crippen LogP contribution in [0, 0.1) is 6.92 Å². The van der Waals surface area contributed by atoms with Crippen LogP contribution in [0.5, 0.6) is 0 Å². The fourth-order valence-corrected chi connectivity index (χ4v) is 2.92. The lowest BCUT2D eigenvalue weighted by atomic mass is 9.96. The molecular formula is C20H22ClN5O2. The molecule has 1 amide bonds. The number of rotatable bonds is 4. The van der Waals surface area contributed by atoms with Gasteiger partial charge in [-0.15, -0.1) is 0 Å². The van der Waals surface area contributed by atoms with Crippen molar-refractivity contribution < 1.29 is 9.32 Å². The third-order valence-electron chi connectivity index (χ3n) is 4.30. The van der Waals surface area contributed by atoms with Gasteiger partial charge in [-0.3, -0.25) is 4.79 Å². The van der Waals surface area contributed by atoms with Crippen LogP contribution in [0.15, 0.2) is 35.0 Å². The molecule has 0 saturated carbocycles. The molecular weight excluding hydrogens is 378 g/mol. The molecule has 3 rings (SSSR count). The summed E-state index contributed by atoms with van der Waals surface area (Å²) in [7, 11) is 0. The monoisotopic (exact) mass is 399 g/mol. The number of carbonyl (C=O) groups excluding carboxylic acids is 1. The van der Waals surface area contributed by atoms with E-state index in [2.05, 4.69) is 25.4 Å². The quantitative estimate of drug-likeness (QED) is 0.658. The van der Waals surface area contributed by atoms with Gasteiger partial charge in [-0.1, -0.05) is 38.1 Å². The number of hydrogen-bond donors (Lipinski definition) is 1. The molecule has 2 heterocycles. The van der Waals surface area contributed by atoms with Gasteiger partial charge >= 0.3 is 11.8 Å². The topological polar surface area (TPSA) is 93.8 Å². The summed E-state index contributed by atoms with van der Waals surface area (Å²) in [6.45, 7) is 9.75. The molecule has 146 valence electrons. The lowest BCUT2D eigenvalue weighted by molar-refractivity contribution is 0.0895. The zero-order valence-electron chi connectivity index (χ0n) is 16.4. The number of carbonyl (C=O) groups is 1. The van der Waals surface area contributed by atoms with Gasteiger partial charge in [-0.2, -0.15) is 4.98 Å². The highest BCUT2D eigenvalue weighted by molar-refractivity contribution is 6.28. The van der Waals surface area contributed by atoms with Crippen LogP contribution in [-0.4, -0.2) is 26.0 Å². The number of aryl methyl sites for hydroxylation is 1. The molecule has 2 aromatic heterocycles. The highest BCUT2D eigenvalue weighted by Crippen LogP contribution is 2.25. The van der Waals surface area contributed by atoms with E-state index in [1.807, 2.05) is 52.8 Å². The molecule has 0 saturated heterocycles. The van der Waals surface area contributed by atoms with Gasteiger partial charge in [0.2, 0.25) is 5.28 Å². The number of nitrogens with zero attached hydrogens (tertiary/aromatic N) is 4. The van der Waals surface area contributed by atoms with E-state index in [0.717, 1.165) is 22.4 Å².